The first-order chi connectivity index (χ1) is 11.7. The van der Waals surface area contributed by atoms with Gasteiger partial charge in [0.05, 0.1) is 6.54 Å². The van der Waals surface area contributed by atoms with Gasteiger partial charge in [-0.2, -0.15) is 13.2 Å². The fraction of sp³-hybridized carbons (Fsp3) is 0.235. The summed E-state index contributed by atoms with van der Waals surface area (Å²) in [4.78, 5) is 11.6. The Bertz CT molecular complexity index is 707. The number of amides is 1. The number of carbonyl (C=O) groups is 1. The van der Waals surface area contributed by atoms with Gasteiger partial charge in [0.25, 0.3) is 0 Å². The molecule has 2 aromatic rings. The maximum Gasteiger partial charge on any atom is 0.423 e. The van der Waals surface area contributed by atoms with Gasteiger partial charge in [-0.15, -0.1) is 0 Å². The monoisotopic (exact) mass is 373 g/mol. The summed E-state index contributed by atoms with van der Waals surface area (Å²) in [6.07, 6.45) is -6.08. The Morgan fingerprint density at radius 3 is 2.24 bits per heavy atom. The molecule has 2 rings (SSSR count). The van der Waals surface area contributed by atoms with Gasteiger partial charge in [-0.1, -0.05) is 54.1 Å². The quantitative estimate of drug-likeness (QED) is 0.832. The molecule has 8 heteroatoms. The molecule has 1 amide bonds. The molecular weight excluding hydrogens is 359 g/mol. The van der Waals surface area contributed by atoms with Crippen LogP contribution in [-0.2, 0) is 16.9 Å². The Morgan fingerprint density at radius 2 is 1.68 bits per heavy atom. The number of carbonyl (C=O) groups excluding carboxylic acids is 1. The lowest BCUT2D eigenvalue weighted by Gasteiger charge is -2.31. The number of hydrogen-bond acceptors (Lipinski definition) is 3. The number of nitrogens with one attached hydrogen (secondary N) is 1. The lowest BCUT2D eigenvalue weighted by atomic mass is 9.93. The number of hydrogen-bond donors (Lipinski definition) is 2. The summed E-state index contributed by atoms with van der Waals surface area (Å²) in [6.45, 7) is -1.19. The molecule has 4 nitrogen and oxygen atoms in total. The summed E-state index contributed by atoms with van der Waals surface area (Å²) in [5, 5.41) is 12.3. The summed E-state index contributed by atoms with van der Waals surface area (Å²) in [6, 6.07) is 13.2. The standard InChI is InChI=1S/C17H15ClF3NO3/c18-14-8-6-13(7-9-14)16(24,17(19,20)21)11-22-15(23)25-10-12-4-2-1-3-5-12/h1-9,24H,10-11H2,(H,22,23). The summed E-state index contributed by atoms with van der Waals surface area (Å²) in [7, 11) is 0. The van der Waals surface area contributed by atoms with Crippen molar-refractivity contribution < 1.29 is 27.8 Å². The first kappa shape index (κ1) is 19.1. The minimum atomic E-state index is -5.01. The van der Waals surface area contributed by atoms with Gasteiger partial charge in [-0.25, -0.2) is 4.79 Å². The molecule has 2 aromatic carbocycles. The first-order valence-corrected chi connectivity index (χ1v) is 7.60. The summed E-state index contributed by atoms with van der Waals surface area (Å²) in [5.41, 5.74) is -3.02. The van der Waals surface area contributed by atoms with Gasteiger partial charge in [0, 0.05) is 5.02 Å². The molecule has 1 unspecified atom stereocenters. The van der Waals surface area contributed by atoms with Crippen molar-refractivity contribution in [2.75, 3.05) is 6.54 Å². The summed E-state index contributed by atoms with van der Waals surface area (Å²) >= 11 is 5.65. The van der Waals surface area contributed by atoms with E-state index in [9.17, 15) is 23.1 Å². The number of aliphatic hydroxyl groups is 1. The van der Waals surface area contributed by atoms with Gasteiger partial charge in [-0.3, -0.25) is 0 Å². The molecule has 0 saturated heterocycles. The van der Waals surface area contributed by atoms with Gasteiger partial charge < -0.3 is 15.2 Å². The molecule has 0 fully saturated rings. The third kappa shape index (κ3) is 4.87. The van der Waals surface area contributed by atoms with Crippen molar-refractivity contribution in [2.24, 2.45) is 0 Å². The van der Waals surface area contributed by atoms with E-state index in [-0.39, 0.29) is 11.6 Å². The van der Waals surface area contributed by atoms with Crippen LogP contribution in [0.4, 0.5) is 18.0 Å². The van der Waals surface area contributed by atoms with Crippen LogP contribution >= 0.6 is 11.6 Å². The second kappa shape index (κ2) is 7.76. The average molecular weight is 374 g/mol. The number of halogens is 4. The zero-order valence-corrected chi connectivity index (χ0v) is 13.6. The molecular formula is C17H15ClF3NO3. The zero-order valence-electron chi connectivity index (χ0n) is 12.9. The highest BCUT2D eigenvalue weighted by Crippen LogP contribution is 2.38. The molecule has 0 spiro atoms. The lowest BCUT2D eigenvalue weighted by molar-refractivity contribution is -0.263. The van der Waals surface area contributed by atoms with E-state index < -0.39 is 30.0 Å². The predicted octanol–water partition coefficient (Wildman–Crippen LogP) is 4.02. The van der Waals surface area contributed by atoms with Gasteiger partial charge in [-0.05, 0) is 23.3 Å². The Labute approximate surface area is 147 Å². The third-order valence-corrected chi connectivity index (χ3v) is 3.74. The number of rotatable bonds is 5. The lowest BCUT2D eigenvalue weighted by Crippen LogP contribution is -2.51. The van der Waals surface area contributed by atoms with Crippen molar-refractivity contribution in [1.29, 1.82) is 0 Å². The van der Waals surface area contributed by atoms with E-state index in [0.29, 0.717) is 5.56 Å². The molecule has 0 bridgehead atoms. The van der Waals surface area contributed by atoms with Crippen molar-refractivity contribution in [3.63, 3.8) is 0 Å². The van der Waals surface area contributed by atoms with Crippen molar-refractivity contribution in [3.05, 3.63) is 70.7 Å². The Morgan fingerprint density at radius 1 is 1.08 bits per heavy atom. The van der Waals surface area contributed by atoms with Gasteiger partial charge in [0.15, 0.2) is 0 Å². The van der Waals surface area contributed by atoms with Crippen LogP contribution in [0.2, 0.25) is 5.02 Å². The fourth-order valence-electron chi connectivity index (χ4n) is 2.07. The highest BCUT2D eigenvalue weighted by molar-refractivity contribution is 6.30. The minimum absolute atomic E-state index is 0.0991. The molecule has 25 heavy (non-hydrogen) atoms. The van der Waals surface area contributed by atoms with E-state index in [0.717, 1.165) is 12.1 Å². The zero-order chi connectivity index (χ0) is 18.5. The molecule has 0 heterocycles. The van der Waals surface area contributed by atoms with Crippen molar-refractivity contribution in [1.82, 2.24) is 5.32 Å². The van der Waals surface area contributed by atoms with Crippen molar-refractivity contribution in [3.8, 4) is 0 Å². The van der Waals surface area contributed by atoms with Crippen LogP contribution in [0.25, 0.3) is 0 Å². The van der Waals surface area contributed by atoms with Crippen LogP contribution in [0.3, 0.4) is 0 Å². The molecule has 2 N–H and O–H groups in total. The topological polar surface area (TPSA) is 58.6 Å². The normalized spacial score (nSPS) is 13.8. The number of alkyl halides is 3. The van der Waals surface area contributed by atoms with E-state index in [2.05, 4.69) is 0 Å². The first-order valence-electron chi connectivity index (χ1n) is 7.22. The van der Waals surface area contributed by atoms with Crippen LogP contribution in [0.15, 0.2) is 54.6 Å². The Balaban J connectivity index is 2.03. The van der Waals surface area contributed by atoms with E-state index >= 15 is 0 Å². The molecule has 1 atom stereocenters. The predicted molar refractivity (Wildman–Crippen MR) is 86.0 cm³/mol. The highest BCUT2D eigenvalue weighted by atomic mass is 35.5. The van der Waals surface area contributed by atoms with Crippen molar-refractivity contribution in [2.45, 2.75) is 18.4 Å². The molecule has 0 aromatic heterocycles. The van der Waals surface area contributed by atoms with E-state index in [1.54, 1.807) is 30.3 Å². The number of benzene rings is 2. The van der Waals surface area contributed by atoms with E-state index in [1.807, 2.05) is 5.32 Å². The van der Waals surface area contributed by atoms with Gasteiger partial charge in [0.2, 0.25) is 5.60 Å². The van der Waals surface area contributed by atoms with Crippen LogP contribution in [0, 0.1) is 0 Å². The molecule has 0 saturated carbocycles. The largest absolute Gasteiger partial charge is 0.445 e. The van der Waals surface area contributed by atoms with E-state index in [4.69, 9.17) is 16.3 Å². The maximum absolute atomic E-state index is 13.3. The van der Waals surface area contributed by atoms with Gasteiger partial charge in [0.1, 0.15) is 6.61 Å². The van der Waals surface area contributed by atoms with Crippen LogP contribution in [0.5, 0.6) is 0 Å². The number of alkyl carbamates (subject to hydrolysis) is 1. The molecule has 0 radical (unpaired) electrons. The molecule has 0 aliphatic carbocycles. The van der Waals surface area contributed by atoms with Gasteiger partial charge >= 0.3 is 12.3 Å². The van der Waals surface area contributed by atoms with Crippen molar-refractivity contribution >= 4 is 17.7 Å². The summed E-state index contributed by atoms with van der Waals surface area (Å²) in [5.74, 6) is 0. The summed E-state index contributed by atoms with van der Waals surface area (Å²) < 4.78 is 44.8. The Hall–Kier alpha value is -2.25. The Kier molecular flexibility index (Phi) is 5.92. The smallest absolute Gasteiger partial charge is 0.423 e. The molecule has 0 aliphatic heterocycles. The maximum atomic E-state index is 13.3. The minimum Gasteiger partial charge on any atom is -0.445 e. The SMILES string of the molecule is O=C(NCC(O)(c1ccc(Cl)cc1)C(F)(F)F)OCc1ccccc1. The van der Waals surface area contributed by atoms with Crippen LogP contribution in [0.1, 0.15) is 11.1 Å². The highest BCUT2D eigenvalue weighted by Gasteiger charge is 2.55. The second-order valence-electron chi connectivity index (χ2n) is 5.28. The third-order valence-electron chi connectivity index (χ3n) is 3.49. The van der Waals surface area contributed by atoms with Crippen LogP contribution in [-0.4, -0.2) is 23.9 Å². The number of ether oxygens (including phenoxy) is 1. The molecule has 134 valence electrons. The van der Waals surface area contributed by atoms with E-state index in [1.165, 1.54) is 12.1 Å². The molecule has 0 aliphatic rings. The van der Waals surface area contributed by atoms with Crippen LogP contribution < -0.4 is 5.32 Å². The average Bonchev–Trinajstić information content (AvgIpc) is 2.58. The fourth-order valence-corrected chi connectivity index (χ4v) is 2.19. The second-order valence-corrected chi connectivity index (χ2v) is 5.72.